The van der Waals surface area contributed by atoms with E-state index in [0.717, 1.165) is 16.5 Å². The number of halogens is 3. The van der Waals surface area contributed by atoms with Crippen LogP contribution in [-0.4, -0.2) is 14.6 Å². The Kier molecular flexibility index (Phi) is 2.68. The first-order valence-corrected chi connectivity index (χ1v) is 5.57. The minimum absolute atomic E-state index is 0.436. The molecule has 2 aromatic heterocycles. The van der Waals surface area contributed by atoms with Gasteiger partial charge in [-0.15, -0.1) is 0 Å². The van der Waals surface area contributed by atoms with Gasteiger partial charge in [-0.3, -0.25) is 0 Å². The van der Waals surface area contributed by atoms with Crippen molar-refractivity contribution < 1.29 is 0 Å². The van der Waals surface area contributed by atoms with Crippen LogP contribution in [0.15, 0.2) is 10.7 Å². The monoisotopic (exact) mass is 293 g/mol. The summed E-state index contributed by atoms with van der Waals surface area (Å²) < 4.78 is 2.35. The van der Waals surface area contributed by atoms with Crippen LogP contribution in [0.2, 0.25) is 10.3 Å². The van der Waals surface area contributed by atoms with Crippen molar-refractivity contribution in [3.63, 3.8) is 0 Å². The van der Waals surface area contributed by atoms with Crippen LogP contribution in [0.3, 0.4) is 0 Å². The molecule has 2 rings (SSSR count). The molecule has 0 amide bonds. The Morgan fingerprint density at radius 3 is 2.86 bits per heavy atom. The molecule has 0 aliphatic heterocycles. The molecule has 74 valence electrons. The summed E-state index contributed by atoms with van der Waals surface area (Å²) in [4.78, 5) is 4.20. The Bertz CT molecular complexity index is 495. The van der Waals surface area contributed by atoms with Gasteiger partial charge in [-0.1, -0.05) is 30.1 Å². The van der Waals surface area contributed by atoms with Crippen molar-refractivity contribution in [2.24, 2.45) is 0 Å². The fraction of sp³-hybridized carbons (Fsp3) is 0.250. The maximum atomic E-state index is 6.12. The summed E-state index contributed by atoms with van der Waals surface area (Å²) in [5.41, 5.74) is 1.45. The first kappa shape index (κ1) is 10.2. The van der Waals surface area contributed by atoms with E-state index in [2.05, 4.69) is 26.0 Å². The van der Waals surface area contributed by atoms with Crippen molar-refractivity contribution in [3.05, 3.63) is 26.5 Å². The van der Waals surface area contributed by atoms with E-state index in [9.17, 15) is 0 Å². The molecule has 2 heterocycles. The average Bonchev–Trinajstić information content (AvgIpc) is 2.49. The molecule has 0 spiro atoms. The molecule has 0 aromatic carbocycles. The Morgan fingerprint density at radius 2 is 2.21 bits per heavy atom. The van der Waals surface area contributed by atoms with E-state index in [1.807, 2.05) is 6.92 Å². The summed E-state index contributed by atoms with van der Waals surface area (Å²) >= 11 is 15.4. The second-order valence-electron chi connectivity index (χ2n) is 2.75. The van der Waals surface area contributed by atoms with Gasteiger partial charge in [0.2, 0.25) is 0 Å². The Morgan fingerprint density at radius 1 is 1.50 bits per heavy atom. The van der Waals surface area contributed by atoms with Gasteiger partial charge in [0.05, 0.1) is 10.7 Å². The highest BCUT2D eigenvalue weighted by Gasteiger charge is 2.13. The second kappa shape index (κ2) is 3.68. The summed E-state index contributed by atoms with van der Waals surface area (Å²) in [6.45, 7) is 1.97. The van der Waals surface area contributed by atoms with Crippen LogP contribution in [0.1, 0.15) is 12.5 Å². The van der Waals surface area contributed by atoms with Gasteiger partial charge in [-0.2, -0.15) is 5.10 Å². The fourth-order valence-corrected chi connectivity index (χ4v) is 2.28. The van der Waals surface area contributed by atoms with Gasteiger partial charge in [-0.25, -0.2) is 9.50 Å². The molecule has 0 atom stereocenters. The lowest BCUT2D eigenvalue weighted by atomic mass is 10.3. The lowest BCUT2D eigenvalue weighted by Gasteiger charge is -2.05. The number of hydrogen-bond donors (Lipinski definition) is 0. The normalized spacial score (nSPS) is 11.1. The third-order valence-electron chi connectivity index (χ3n) is 1.94. The van der Waals surface area contributed by atoms with Gasteiger partial charge < -0.3 is 0 Å². The standard InChI is InChI=1S/C8H6BrCl2N3/c1-2-4-6(10)13-8-5(9)3-12-14(8)7(4)11/h3H,2H2,1H3. The zero-order chi connectivity index (χ0) is 10.3. The first-order valence-electron chi connectivity index (χ1n) is 4.02. The van der Waals surface area contributed by atoms with E-state index in [-0.39, 0.29) is 0 Å². The summed E-state index contributed by atoms with van der Waals surface area (Å²) in [6.07, 6.45) is 2.38. The van der Waals surface area contributed by atoms with Crippen LogP contribution in [0, 0.1) is 0 Å². The highest BCUT2D eigenvalue weighted by atomic mass is 79.9. The lowest BCUT2D eigenvalue weighted by molar-refractivity contribution is 0.912. The van der Waals surface area contributed by atoms with E-state index in [4.69, 9.17) is 23.2 Å². The van der Waals surface area contributed by atoms with Gasteiger partial charge in [0.15, 0.2) is 5.65 Å². The fourth-order valence-electron chi connectivity index (χ4n) is 1.23. The molecular weight excluding hydrogens is 289 g/mol. The van der Waals surface area contributed by atoms with Crippen molar-refractivity contribution in [3.8, 4) is 0 Å². The van der Waals surface area contributed by atoms with E-state index in [1.54, 1.807) is 10.7 Å². The van der Waals surface area contributed by atoms with Crippen molar-refractivity contribution in [2.75, 3.05) is 0 Å². The van der Waals surface area contributed by atoms with E-state index in [1.165, 1.54) is 0 Å². The van der Waals surface area contributed by atoms with E-state index in [0.29, 0.717) is 16.0 Å². The van der Waals surface area contributed by atoms with Crippen molar-refractivity contribution >= 4 is 44.8 Å². The van der Waals surface area contributed by atoms with Crippen LogP contribution in [-0.2, 0) is 6.42 Å². The minimum Gasteiger partial charge on any atom is -0.215 e. The highest BCUT2D eigenvalue weighted by molar-refractivity contribution is 9.10. The van der Waals surface area contributed by atoms with E-state index >= 15 is 0 Å². The van der Waals surface area contributed by atoms with Gasteiger partial charge in [0, 0.05) is 5.56 Å². The SMILES string of the molecule is CCc1c(Cl)nc2c(Br)cnn2c1Cl. The average molecular weight is 295 g/mol. The summed E-state index contributed by atoms with van der Waals surface area (Å²) in [6, 6.07) is 0. The van der Waals surface area contributed by atoms with Gasteiger partial charge in [0.25, 0.3) is 0 Å². The van der Waals surface area contributed by atoms with Gasteiger partial charge >= 0.3 is 0 Å². The molecule has 3 nitrogen and oxygen atoms in total. The Hall–Kier alpha value is -0.320. The third-order valence-corrected chi connectivity index (χ3v) is 3.20. The molecule has 6 heteroatoms. The van der Waals surface area contributed by atoms with Crippen molar-refractivity contribution in [2.45, 2.75) is 13.3 Å². The molecule has 0 unspecified atom stereocenters. The maximum absolute atomic E-state index is 6.12. The topological polar surface area (TPSA) is 30.2 Å². The molecule has 0 aliphatic rings. The molecule has 0 radical (unpaired) electrons. The number of rotatable bonds is 1. The molecule has 0 bridgehead atoms. The molecular formula is C8H6BrCl2N3. The largest absolute Gasteiger partial charge is 0.215 e. The quantitative estimate of drug-likeness (QED) is 0.755. The molecule has 0 saturated heterocycles. The predicted molar refractivity (Wildman–Crippen MR) is 60.1 cm³/mol. The summed E-state index contributed by atoms with van der Waals surface area (Å²) in [5.74, 6) is 0. The van der Waals surface area contributed by atoms with Crippen LogP contribution in [0.25, 0.3) is 5.65 Å². The third kappa shape index (κ3) is 1.42. The number of nitrogens with zero attached hydrogens (tertiary/aromatic N) is 3. The van der Waals surface area contributed by atoms with Crippen LogP contribution >= 0.6 is 39.1 Å². The molecule has 0 aliphatic carbocycles. The zero-order valence-electron chi connectivity index (χ0n) is 7.26. The lowest BCUT2D eigenvalue weighted by Crippen LogP contribution is -1.98. The van der Waals surface area contributed by atoms with Gasteiger partial charge in [-0.05, 0) is 22.4 Å². The number of aromatic nitrogens is 3. The highest BCUT2D eigenvalue weighted by Crippen LogP contribution is 2.27. The van der Waals surface area contributed by atoms with Crippen molar-refractivity contribution in [1.29, 1.82) is 0 Å². The molecule has 2 aromatic rings. The molecule has 14 heavy (non-hydrogen) atoms. The zero-order valence-corrected chi connectivity index (χ0v) is 10.4. The number of hydrogen-bond acceptors (Lipinski definition) is 2. The predicted octanol–water partition coefficient (Wildman–Crippen LogP) is 3.36. The Labute approximate surface area is 99.2 Å². The first-order chi connectivity index (χ1) is 6.65. The summed E-state index contributed by atoms with van der Waals surface area (Å²) in [5, 5.41) is 5.04. The van der Waals surface area contributed by atoms with Crippen LogP contribution in [0.4, 0.5) is 0 Å². The minimum atomic E-state index is 0.436. The summed E-state index contributed by atoms with van der Waals surface area (Å²) in [7, 11) is 0. The Balaban J connectivity index is 2.87. The van der Waals surface area contributed by atoms with Crippen LogP contribution < -0.4 is 0 Å². The maximum Gasteiger partial charge on any atom is 0.172 e. The molecule has 0 saturated carbocycles. The molecule has 0 N–H and O–H groups in total. The number of fused-ring (bicyclic) bond motifs is 1. The molecule has 0 fully saturated rings. The second-order valence-corrected chi connectivity index (χ2v) is 4.32. The van der Waals surface area contributed by atoms with Gasteiger partial charge in [0.1, 0.15) is 10.3 Å². The smallest absolute Gasteiger partial charge is 0.172 e. The van der Waals surface area contributed by atoms with Crippen molar-refractivity contribution in [1.82, 2.24) is 14.6 Å². The van der Waals surface area contributed by atoms with Crippen LogP contribution in [0.5, 0.6) is 0 Å². The van der Waals surface area contributed by atoms with E-state index < -0.39 is 0 Å².